The van der Waals surface area contributed by atoms with Gasteiger partial charge in [-0.1, -0.05) is 13.3 Å². The molecule has 1 aromatic heterocycles. The van der Waals surface area contributed by atoms with Gasteiger partial charge in [-0.2, -0.15) is 0 Å². The molecule has 3 nitrogen and oxygen atoms in total. The van der Waals surface area contributed by atoms with E-state index in [4.69, 9.17) is 0 Å². The van der Waals surface area contributed by atoms with Crippen molar-refractivity contribution < 1.29 is 0 Å². The van der Waals surface area contributed by atoms with E-state index in [1.54, 1.807) is 6.07 Å². The molecule has 16 heavy (non-hydrogen) atoms. The van der Waals surface area contributed by atoms with Gasteiger partial charge in [0.25, 0.3) is 5.56 Å². The Morgan fingerprint density at radius 3 is 2.62 bits per heavy atom. The van der Waals surface area contributed by atoms with E-state index in [0.717, 1.165) is 17.4 Å². The lowest BCUT2D eigenvalue weighted by molar-refractivity contribution is 0.311. The van der Waals surface area contributed by atoms with Crippen molar-refractivity contribution in [1.82, 2.24) is 9.97 Å². The number of aryl methyl sites for hydroxylation is 1. The normalized spacial score (nSPS) is 25.6. The van der Waals surface area contributed by atoms with Crippen molar-refractivity contribution in [2.24, 2.45) is 5.92 Å². The quantitative estimate of drug-likeness (QED) is 0.833. The summed E-state index contributed by atoms with van der Waals surface area (Å²) in [4.78, 5) is 18.7. The van der Waals surface area contributed by atoms with Crippen molar-refractivity contribution in [1.29, 1.82) is 0 Å². The van der Waals surface area contributed by atoms with Crippen LogP contribution >= 0.6 is 0 Å². The summed E-state index contributed by atoms with van der Waals surface area (Å²) < 4.78 is 0. The van der Waals surface area contributed by atoms with Gasteiger partial charge in [0, 0.05) is 17.7 Å². The van der Waals surface area contributed by atoms with Gasteiger partial charge in [-0.25, -0.2) is 4.98 Å². The lowest BCUT2D eigenvalue weighted by Gasteiger charge is -2.27. The minimum Gasteiger partial charge on any atom is -0.310 e. The van der Waals surface area contributed by atoms with Crippen LogP contribution in [0.25, 0.3) is 0 Å². The van der Waals surface area contributed by atoms with Crippen molar-refractivity contribution in [3.63, 3.8) is 0 Å². The molecule has 0 bridgehead atoms. The lowest BCUT2D eigenvalue weighted by Crippen LogP contribution is -2.19. The summed E-state index contributed by atoms with van der Waals surface area (Å²) in [6.45, 7) is 4.15. The molecule has 0 saturated heterocycles. The zero-order valence-electron chi connectivity index (χ0n) is 10.1. The summed E-state index contributed by atoms with van der Waals surface area (Å²) in [5.74, 6) is 2.25. The Bertz CT molecular complexity index is 403. The fraction of sp³-hybridized carbons (Fsp3) is 0.692. The predicted octanol–water partition coefficient (Wildman–Crippen LogP) is 2.76. The molecule has 1 N–H and O–H groups in total. The van der Waals surface area contributed by atoms with Crippen LogP contribution in [-0.4, -0.2) is 9.97 Å². The summed E-state index contributed by atoms with van der Waals surface area (Å²) in [7, 11) is 0. The van der Waals surface area contributed by atoms with Crippen LogP contribution in [0.2, 0.25) is 0 Å². The molecule has 1 aromatic rings. The molecule has 1 aliphatic carbocycles. The first-order valence-corrected chi connectivity index (χ1v) is 6.27. The van der Waals surface area contributed by atoms with Crippen LogP contribution in [-0.2, 0) is 0 Å². The minimum atomic E-state index is -0.0138. The molecule has 1 aliphatic rings. The number of H-pyrrole nitrogens is 1. The highest BCUT2D eigenvalue weighted by Gasteiger charge is 2.22. The van der Waals surface area contributed by atoms with E-state index in [0.29, 0.717) is 5.92 Å². The summed E-state index contributed by atoms with van der Waals surface area (Å²) in [5, 5.41) is 0. The molecule has 0 amide bonds. The van der Waals surface area contributed by atoms with Gasteiger partial charge in [-0.05, 0) is 38.5 Å². The molecular weight excluding hydrogens is 200 g/mol. The maximum absolute atomic E-state index is 11.4. The number of rotatable bonds is 2. The molecule has 2 rings (SSSR count). The first-order chi connectivity index (χ1) is 7.69. The average Bonchev–Trinajstić information content (AvgIpc) is 2.28. The summed E-state index contributed by atoms with van der Waals surface area (Å²) >= 11 is 0. The van der Waals surface area contributed by atoms with E-state index < -0.39 is 0 Å². The van der Waals surface area contributed by atoms with E-state index in [9.17, 15) is 4.79 Å². The number of hydrogen-bond acceptors (Lipinski definition) is 2. The van der Waals surface area contributed by atoms with Crippen LogP contribution in [0.4, 0.5) is 0 Å². The van der Waals surface area contributed by atoms with Crippen molar-refractivity contribution in [3.8, 4) is 0 Å². The predicted molar refractivity (Wildman–Crippen MR) is 64.6 cm³/mol. The van der Waals surface area contributed by atoms with Gasteiger partial charge in [0.05, 0.1) is 0 Å². The molecule has 0 spiro atoms. The van der Waals surface area contributed by atoms with Gasteiger partial charge in [0.15, 0.2) is 0 Å². The number of nitrogens with zero attached hydrogens (tertiary/aromatic N) is 1. The largest absolute Gasteiger partial charge is 0.310 e. The van der Waals surface area contributed by atoms with E-state index in [2.05, 4.69) is 16.9 Å². The third kappa shape index (κ3) is 2.52. The molecule has 3 heteroatoms. The van der Waals surface area contributed by atoms with E-state index >= 15 is 0 Å². The van der Waals surface area contributed by atoms with Crippen LogP contribution in [0.5, 0.6) is 0 Å². The van der Waals surface area contributed by atoms with Gasteiger partial charge in [-0.3, -0.25) is 4.79 Å². The molecule has 1 fully saturated rings. The third-order valence-electron chi connectivity index (χ3n) is 3.70. The summed E-state index contributed by atoms with van der Waals surface area (Å²) in [6.07, 6.45) is 6.18. The fourth-order valence-corrected chi connectivity index (χ4v) is 2.64. The molecule has 0 aromatic carbocycles. The molecule has 0 atom stereocenters. The SMILES string of the molecule is CCC1CCC(c2nc(C)cc(=O)[nH]2)CC1. The minimum absolute atomic E-state index is 0.0138. The van der Waals surface area contributed by atoms with E-state index in [-0.39, 0.29) is 5.56 Å². The van der Waals surface area contributed by atoms with Gasteiger partial charge in [0.1, 0.15) is 5.82 Å². The van der Waals surface area contributed by atoms with Crippen LogP contribution in [0.1, 0.15) is 56.5 Å². The van der Waals surface area contributed by atoms with Crippen molar-refractivity contribution in [2.45, 2.75) is 51.9 Å². The Morgan fingerprint density at radius 2 is 2.06 bits per heavy atom. The molecule has 0 radical (unpaired) electrons. The van der Waals surface area contributed by atoms with Crippen LogP contribution in [0, 0.1) is 12.8 Å². The Balaban J connectivity index is 2.11. The first-order valence-electron chi connectivity index (χ1n) is 6.27. The van der Waals surface area contributed by atoms with Crippen LogP contribution in [0.3, 0.4) is 0 Å². The monoisotopic (exact) mass is 220 g/mol. The average molecular weight is 220 g/mol. The van der Waals surface area contributed by atoms with E-state index in [1.807, 2.05) is 6.92 Å². The van der Waals surface area contributed by atoms with Crippen molar-refractivity contribution in [2.75, 3.05) is 0 Å². The summed E-state index contributed by atoms with van der Waals surface area (Å²) in [5.41, 5.74) is 0.816. The second-order valence-corrected chi connectivity index (χ2v) is 4.90. The molecule has 0 aliphatic heterocycles. The molecule has 1 heterocycles. The number of nitrogens with one attached hydrogen (secondary N) is 1. The van der Waals surface area contributed by atoms with Crippen molar-refractivity contribution in [3.05, 3.63) is 27.9 Å². The molecule has 1 saturated carbocycles. The van der Waals surface area contributed by atoms with E-state index in [1.165, 1.54) is 32.1 Å². The smallest absolute Gasteiger partial charge is 0.251 e. The zero-order valence-corrected chi connectivity index (χ0v) is 10.1. The molecule has 0 unspecified atom stereocenters. The molecule has 88 valence electrons. The lowest BCUT2D eigenvalue weighted by atomic mass is 9.80. The standard InChI is InChI=1S/C13H20N2O/c1-3-10-4-6-11(7-5-10)13-14-9(2)8-12(16)15-13/h8,10-11H,3-7H2,1-2H3,(H,14,15,16). The topological polar surface area (TPSA) is 45.8 Å². The Kier molecular flexibility index (Phi) is 3.42. The second-order valence-electron chi connectivity index (χ2n) is 4.90. The Morgan fingerprint density at radius 1 is 1.38 bits per heavy atom. The first kappa shape index (κ1) is 11.4. The number of hydrogen-bond donors (Lipinski definition) is 1. The highest BCUT2D eigenvalue weighted by atomic mass is 16.1. The number of aromatic amines is 1. The van der Waals surface area contributed by atoms with Gasteiger partial charge in [-0.15, -0.1) is 0 Å². The third-order valence-corrected chi connectivity index (χ3v) is 3.70. The summed E-state index contributed by atoms with van der Waals surface area (Å²) in [6, 6.07) is 1.56. The fourth-order valence-electron chi connectivity index (χ4n) is 2.64. The van der Waals surface area contributed by atoms with Crippen LogP contribution < -0.4 is 5.56 Å². The van der Waals surface area contributed by atoms with Gasteiger partial charge < -0.3 is 4.98 Å². The molecular formula is C13H20N2O. The van der Waals surface area contributed by atoms with Gasteiger partial charge in [0.2, 0.25) is 0 Å². The maximum Gasteiger partial charge on any atom is 0.251 e. The Hall–Kier alpha value is -1.12. The Labute approximate surface area is 96.3 Å². The van der Waals surface area contributed by atoms with Gasteiger partial charge >= 0.3 is 0 Å². The second kappa shape index (κ2) is 4.81. The number of aromatic nitrogens is 2. The van der Waals surface area contributed by atoms with Crippen molar-refractivity contribution >= 4 is 0 Å². The highest BCUT2D eigenvalue weighted by molar-refractivity contribution is 5.05. The van der Waals surface area contributed by atoms with Crippen LogP contribution in [0.15, 0.2) is 10.9 Å². The zero-order chi connectivity index (χ0) is 11.5. The maximum atomic E-state index is 11.4. The highest BCUT2D eigenvalue weighted by Crippen LogP contribution is 2.35.